The molecule has 0 aromatic carbocycles. The van der Waals surface area contributed by atoms with Gasteiger partial charge in [-0.25, -0.2) is 0 Å². The van der Waals surface area contributed by atoms with E-state index in [2.05, 4.69) is 13.0 Å². The topological polar surface area (TPSA) is 77.8 Å². The molecule has 0 bridgehead atoms. The summed E-state index contributed by atoms with van der Waals surface area (Å²) in [6, 6.07) is 0. The van der Waals surface area contributed by atoms with E-state index < -0.39 is 5.97 Å². The number of fused-ring (bicyclic) bond motifs is 1. The number of aliphatic carboxylic acids is 1. The van der Waals surface area contributed by atoms with Gasteiger partial charge in [-0.2, -0.15) is 0 Å². The van der Waals surface area contributed by atoms with Crippen LogP contribution in [-0.2, 0) is 4.79 Å². The van der Waals surface area contributed by atoms with Gasteiger partial charge < -0.3 is 15.3 Å². The second-order valence-corrected chi connectivity index (χ2v) is 9.28. The Morgan fingerprint density at radius 1 is 1.31 bits per heavy atom. The average molecular weight is 365 g/mol. The number of carboxylic acid groups (broad SMARTS) is 1. The molecule has 3 saturated carbocycles. The van der Waals surface area contributed by atoms with E-state index in [1.807, 2.05) is 0 Å². The molecule has 26 heavy (non-hydrogen) atoms. The first-order valence-corrected chi connectivity index (χ1v) is 10.7. The van der Waals surface area contributed by atoms with Crippen molar-refractivity contribution in [2.24, 2.45) is 23.2 Å². The summed E-state index contributed by atoms with van der Waals surface area (Å²) in [5, 5.41) is 29.8. The molecule has 1 unspecified atom stereocenters. The van der Waals surface area contributed by atoms with Crippen molar-refractivity contribution in [2.75, 3.05) is 0 Å². The van der Waals surface area contributed by atoms with E-state index >= 15 is 0 Å². The molecule has 0 radical (unpaired) electrons. The van der Waals surface area contributed by atoms with E-state index in [9.17, 15) is 15.0 Å². The van der Waals surface area contributed by atoms with E-state index in [0.29, 0.717) is 18.3 Å². The molecule has 0 amide bonds. The maximum absolute atomic E-state index is 10.7. The first-order chi connectivity index (χ1) is 12.4. The molecule has 0 saturated heterocycles. The third-order valence-electron chi connectivity index (χ3n) is 7.62. The van der Waals surface area contributed by atoms with Crippen LogP contribution in [0.25, 0.3) is 0 Å². The zero-order valence-corrected chi connectivity index (χ0v) is 16.2. The summed E-state index contributed by atoms with van der Waals surface area (Å²) in [5.41, 5.74) is 1.53. The zero-order valence-electron chi connectivity index (χ0n) is 16.2. The minimum Gasteiger partial charge on any atom is -0.481 e. The highest BCUT2D eigenvalue weighted by Gasteiger charge is 2.54. The van der Waals surface area contributed by atoms with Crippen molar-refractivity contribution in [3.8, 4) is 0 Å². The van der Waals surface area contributed by atoms with E-state index in [1.165, 1.54) is 31.3 Å². The third kappa shape index (κ3) is 4.33. The van der Waals surface area contributed by atoms with Gasteiger partial charge in [0, 0.05) is 6.42 Å². The third-order valence-corrected chi connectivity index (χ3v) is 7.62. The Bertz CT molecular complexity index is 522. The lowest BCUT2D eigenvalue weighted by atomic mass is 9.47. The molecule has 0 heterocycles. The molecule has 0 aliphatic heterocycles. The van der Waals surface area contributed by atoms with Crippen LogP contribution in [0.5, 0.6) is 0 Å². The fourth-order valence-electron chi connectivity index (χ4n) is 5.92. The summed E-state index contributed by atoms with van der Waals surface area (Å²) in [5.74, 6) is 0.736. The van der Waals surface area contributed by atoms with Gasteiger partial charge in [0.25, 0.3) is 0 Å². The number of allylic oxidation sites excluding steroid dienone is 2. The highest BCUT2D eigenvalue weighted by molar-refractivity contribution is 5.66. The zero-order chi connectivity index (χ0) is 18.7. The molecule has 3 aliphatic rings. The number of rotatable bonds is 8. The van der Waals surface area contributed by atoms with E-state index in [-0.39, 0.29) is 30.0 Å². The van der Waals surface area contributed by atoms with Crippen molar-refractivity contribution in [3.63, 3.8) is 0 Å². The maximum Gasteiger partial charge on any atom is 0.303 e. The molecule has 3 N–H and O–H groups in total. The first-order valence-electron chi connectivity index (χ1n) is 10.7. The predicted octanol–water partition coefficient (Wildman–Crippen LogP) is 4.30. The van der Waals surface area contributed by atoms with Gasteiger partial charge in [0.05, 0.1) is 12.2 Å². The lowest BCUT2D eigenvalue weighted by Crippen LogP contribution is -2.52. The number of hydrogen-bond donors (Lipinski definition) is 3. The van der Waals surface area contributed by atoms with Crippen LogP contribution in [-0.4, -0.2) is 33.5 Å². The lowest BCUT2D eigenvalue weighted by Gasteiger charge is -2.58. The molecule has 5 atom stereocenters. The Morgan fingerprint density at radius 2 is 2.04 bits per heavy atom. The average Bonchev–Trinajstić information content (AvgIpc) is 3.08. The molecule has 3 rings (SSSR count). The molecule has 3 fully saturated rings. The number of aliphatic hydroxyl groups is 2. The quantitative estimate of drug-likeness (QED) is 0.561. The van der Waals surface area contributed by atoms with Gasteiger partial charge in [0.2, 0.25) is 0 Å². The SMILES string of the molecule is C[C@@]12CC[C@H](O)[C@@H](CCC(O)CC3CCCC3)[C@@H]1CC2=CCCC(=O)O. The van der Waals surface area contributed by atoms with Gasteiger partial charge in [-0.15, -0.1) is 0 Å². The Morgan fingerprint density at radius 3 is 2.73 bits per heavy atom. The Kier molecular flexibility index (Phi) is 6.45. The largest absolute Gasteiger partial charge is 0.481 e. The number of aliphatic hydroxyl groups excluding tert-OH is 2. The molecular formula is C22H36O4. The highest BCUT2D eigenvalue weighted by Crippen LogP contribution is 2.61. The van der Waals surface area contributed by atoms with Gasteiger partial charge in [-0.3, -0.25) is 4.79 Å². The minimum atomic E-state index is -0.740. The summed E-state index contributed by atoms with van der Waals surface area (Å²) in [4.78, 5) is 10.7. The van der Waals surface area contributed by atoms with Crippen LogP contribution < -0.4 is 0 Å². The van der Waals surface area contributed by atoms with Crippen LogP contribution in [0.3, 0.4) is 0 Å². The highest BCUT2D eigenvalue weighted by atomic mass is 16.4. The second-order valence-electron chi connectivity index (χ2n) is 9.28. The predicted molar refractivity (Wildman–Crippen MR) is 102 cm³/mol. The molecule has 4 heteroatoms. The lowest BCUT2D eigenvalue weighted by molar-refractivity contribution is -0.136. The van der Waals surface area contributed by atoms with E-state index in [1.54, 1.807) is 0 Å². The standard InChI is InChI=1S/C22H36O4/c1-22-12-11-20(24)18(10-9-17(23)13-15-5-2-3-6-15)19(22)14-16(22)7-4-8-21(25)26/h7,15,17-20,23-24H,2-6,8-14H2,1H3,(H,25,26)/t17?,18-,19-,20-,22-/m0/s1. The van der Waals surface area contributed by atoms with Crippen molar-refractivity contribution < 1.29 is 20.1 Å². The summed E-state index contributed by atoms with van der Waals surface area (Å²) in [6.07, 6.45) is 13.1. The molecule has 0 aromatic rings. The fraction of sp³-hybridized carbons (Fsp3) is 0.864. The van der Waals surface area contributed by atoms with Crippen LogP contribution >= 0.6 is 0 Å². The first kappa shape index (κ1) is 19.9. The Balaban J connectivity index is 1.52. The van der Waals surface area contributed by atoms with Gasteiger partial charge in [-0.1, -0.05) is 44.3 Å². The number of carboxylic acids is 1. The maximum atomic E-state index is 10.7. The van der Waals surface area contributed by atoms with Crippen LogP contribution in [0.2, 0.25) is 0 Å². The number of carbonyl (C=O) groups is 1. The van der Waals surface area contributed by atoms with Crippen molar-refractivity contribution in [1.29, 1.82) is 0 Å². The monoisotopic (exact) mass is 364 g/mol. The molecule has 3 aliphatic carbocycles. The Hall–Kier alpha value is -0.870. The Labute approximate surface area is 157 Å². The van der Waals surface area contributed by atoms with E-state index in [0.717, 1.165) is 38.5 Å². The molecular weight excluding hydrogens is 328 g/mol. The molecule has 0 spiro atoms. The van der Waals surface area contributed by atoms with Crippen molar-refractivity contribution in [3.05, 3.63) is 11.6 Å². The normalized spacial score (nSPS) is 37.3. The van der Waals surface area contributed by atoms with Crippen LogP contribution in [0.4, 0.5) is 0 Å². The molecule has 148 valence electrons. The van der Waals surface area contributed by atoms with Gasteiger partial charge in [0.15, 0.2) is 0 Å². The summed E-state index contributed by atoms with van der Waals surface area (Å²) < 4.78 is 0. The molecule has 4 nitrogen and oxygen atoms in total. The van der Waals surface area contributed by atoms with Crippen LogP contribution in [0.15, 0.2) is 11.6 Å². The fourth-order valence-corrected chi connectivity index (χ4v) is 5.92. The van der Waals surface area contributed by atoms with Gasteiger partial charge in [0.1, 0.15) is 0 Å². The van der Waals surface area contributed by atoms with Crippen LogP contribution in [0, 0.1) is 23.2 Å². The minimum absolute atomic E-state index is 0.138. The second kappa shape index (κ2) is 8.43. The van der Waals surface area contributed by atoms with E-state index in [4.69, 9.17) is 5.11 Å². The molecule has 0 aromatic heterocycles. The van der Waals surface area contributed by atoms with Gasteiger partial charge in [-0.05, 0) is 68.1 Å². The summed E-state index contributed by atoms with van der Waals surface area (Å²) >= 11 is 0. The summed E-state index contributed by atoms with van der Waals surface area (Å²) in [6.45, 7) is 2.29. The van der Waals surface area contributed by atoms with Crippen LogP contribution in [0.1, 0.15) is 84.0 Å². The van der Waals surface area contributed by atoms with Gasteiger partial charge >= 0.3 is 5.97 Å². The van der Waals surface area contributed by atoms with Crippen molar-refractivity contribution in [1.82, 2.24) is 0 Å². The number of hydrogen-bond acceptors (Lipinski definition) is 3. The van der Waals surface area contributed by atoms with Crippen molar-refractivity contribution >= 4 is 5.97 Å². The smallest absolute Gasteiger partial charge is 0.303 e. The van der Waals surface area contributed by atoms with Crippen molar-refractivity contribution in [2.45, 2.75) is 96.2 Å². The summed E-state index contributed by atoms with van der Waals surface area (Å²) in [7, 11) is 0.